The van der Waals surface area contributed by atoms with Gasteiger partial charge in [-0.15, -0.1) is 0 Å². The van der Waals surface area contributed by atoms with Crippen molar-refractivity contribution in [3.8, 4) is 0 Å². The Bertz CT molecular complexity index is 1070. The maximum atomic E-state index is 12.9. The van der Waals surface area contributed by atoms with E-state index in [-0.39, 0.29) is 5.92 Å². The van der Waals surface area contributed by atoms with Crippen molar-refractivity contribution in [1.82, 2.24) is 0 Å². The SMILES string of the molecule is C=C(C1=[N+]([O-])O[C@H](C(=C)c2ccccc2)[C@H]1c1ccc(C)cc1)c1ccccc1. The molecule has 4 rings (SSSR count). The first kappa shape index (κ1) is 18.8. The van der Waals surface area contributed by atoms with E-state index >= 15 is 0 Å². The van der Waals surface area contributed by atoms with Gasteiger partial charge in [0.15, 0.2) is 0 Å². The second-order valence-corrected chi connectivity index (χ2v) is 7.29. The van der Waals surface area contributed by atoms with Gasteiger partial charge in [-0.2, -0.15) is 0 Å². The summed E-state index contributed by atoms with van der Waals surface area (Å²) in [6.45, 7) is 10.5. The van der Waals surface area contributed by atoms with E-state index < -0.39 is 6.10 Å². The van der Waals surface area contributed by atoms with E-state index in [0.29, 0.717) is 16.2 Å². The van der Waals surface area contributed by atoms with Crippen molar-refractivity contribution in [3.63, 3.8) is 0 Å². The largest absolute Gasteiger partial charge is 0.394 e. The van der Waals surface area contributed by atoms with Crippen molar-refractivity contribution < 1.29 is 9.74 Å². The molecule has 0 N–H and O–H groups in total. The molecule has 144 valence electrons. The van der Waals surface area contributed by atoms with E-state index in [9.17, 15) is 5.21 Å². The van der Waals surface area contributed by atoms with Gasteiger partial charge in [0.25, 0.3) is 5.71 Å². The maximum Gasteiger partial charge on any atom is 0.261 e. The van der Waals surface area contributed by atoms with Crippen LogP contribution in [0.3, 0.4) is 0 Å². The third-order valence-electron chi connectivity index (χ3n) is 5.36. The minimum Gasteiger partial charge on any atom is -0.394 e. The fourth-order valence-corrected chi connectivity index (χ4v) is 3.75. The molecular formula is C26H23NO2. The van der Waals surface area contributed by atoms with Crippen LogP contribution in [-0.4, -0.2) is 16.7 Å². The quantitative estimate of drug-likeness (QED) is 0.526. The lowest BCUT2D eigenvalue weighted by atomic mass is 9.80. The molecule has 2 atom stereocenters. The molecule has 0 fully saturated rings. The molecule has 3 aromatic rings. The summed E-state index contributed by atoms with van der Waals surface area (Å²) >= 11 is 0. The number of allylic oxidation sites excluding steroid dienone is 1. The molecule has 29 heavy (non-hydrogen) atoms. The first-order valence-corrected chi connectivity index (χ1v) is 9.62. The summed E-state index contributed by atoms with van der Waals surface area (Å²) in [5.41, 5.74) is 5.96. The van der Waals surface area contributed by atoms with Crippen molar-refractivity contribution in [2.45, 2.75) is 18.9 Å². The standard InChI is InChI=1S/C26H23NO2/c1-18-14-16-23(17-15-18)24-25(19(2)21-10-6-4-7-11-21)27(28)29-26(24)20(3)22-12-8-5-9-13-22/h4-17,24,26H,2-3H2,1H3/t24-,26+/m0/s1. The van der Waals surface area contributed by atoms with Crippen molar-refractivity contribution in [1.29, 1.82) is 0 Å². The summed E-state index contributed by atoms with van der Waals surface area (Å²) in [4.78, 5) is 6.43. The van der Waals surface area contributed by atoms with Crippen molar-refractivity contribution >= 4 is 16.9 Å². The molecule has 0 aliphatic carbocycles. The van der Waals surface area contributed by atoms with E-state index in [4.69, 9.17) is 4.84 Å². The number of rotatable bonds is 5. The summed E-state index contributed by atoms with van der Waals surface area (Å²) in [6, 6.07) is 27.8. The van der Waals surface area contributed by atoms with Gasteiger partial charge in [-0.05, 0) is 29.2 Å². The predicted molar refractivity (Wildman–Crippen MR) is 118 cm³/mol. The number of benzene rings is 3. The summed E-state index contributed by atoms with van der Waals surface area (Å²) < 4.78 is 0. The summed E-state index contributed by atoms with van der Waals surface area (Å²) in [6.07, 6.45) is -0.506. The lowest BCUT2D eigenvalue weighted by molar-refractivity contribution is -0.736. The average molecular weight is 381 g/mol. The molecule has 0 saturated heterocycles. The van der Waals surface area contributed by atoms with Gasteiger partial charge in [0, 0.05) is 10.5 Å². The van der Waals surface area contributed by atoms with Crippen LogP contribution in [0.1, 0.15) is 28.2 Å². The van der Waals surface area contributed by atoms with Gasteiger partial charge in [0.2, 0.25) is 0 Å². The number of hydrogen-bond acceptors (Lipinski definition) is 2. The van der Waals surface area contributed by atoms with Crippen LogP contribution in [0.5, 0.6) is 0 Å². The van der Waals surface area contributed by atoms with Crippen LogP contribution in [0, 0.1) is 12.1 Å². The van der Waals surface area contributed by atoms with Gasteiger partial charge in [-0.25, -0.2) is 0 Å². The molecule has 0 unspecified atom stereocenters. The van der Waals surface area contributed by atoms with Gasteiger partial charge in [-0.3, -0.25) is 5.21 Å². The van der Waals surface area contributed by atoms with Crippen molar-refractivity contribution in [2.75, 3.05) is 0 Å². The molecule has 3 nitrogen and oxygen atoms in total. The van der Waals surface area contributed by atoms with E-state index in [2.05, 4.69) is 13.2 Å². The highest BCUT2D eigenvalue weighted by atomic mass is 16.9. The minimum absolute atomic E-state index is 0.298. The van der Waals surface area contributed by atoms with Crippen LogP contribution in [-0.2, 0) is 4.84 Å². The van der Waals surface area contributed by atoms with E-state index in [1.54, 1.807) is 0 Å². The van der Waals surface area contributed by atoms with Crippen LogP contribution < -0.4 is 0 Å². The van der Waals surface area contributed by atoms with Crippen LogP contribution in [0.25, 0.3) is 11.1 Å². The highest BCUT2D eigenvalue weighted by molar-refractivity contribution is 6.24. The summed E-state index contributed by atoms with van der Waals surface area (Å²) in [5, 5.41) is 12.9. The number of hydrogen-bond donors (Lipinski definition) is 0. The Balaban J connectivity index is 1.79. The van der Waals surface area contributed by atoms with Gasteiger partial charge in [-0.1, -0.05) is 104 Å². The number of nitrogens with zero attached hydrogens (tertiary/aromatic N) is 1. The molecule has 0 aromatic heterocycles. The van der Waals surface area contributed by atoms with Crippen molar-refractivity contribution in [2.24, 2.45) is 0 Å². The Kier molecular flexibility index (Phi) is 5.05. The third-order valence-corrected chi connectivity index (χ3v) is 5.36. The monoisotopic (exact) mass is 381 g/mol. The molecule has 0 saturated carbocycles. The molecule has 0 amide bonds. The Morgan fingerprint density at radius 2 is 1.38 bits per heavy atom. The fourth-order valence-electron chi connectivity index (χ4n) is 3.75. The normalized spacial score (nSPS) is 18.4. The Morgan fingerprint density at radius 1 is 0.828 bits per heavy atom. The van der Waals surface area contributed by atoms with Crippen LogP contribution in [0.4, 0.5) is 0 Å². The number of aryl methyl sites for hydroxylation is 1. The third kappa shape index (κ3) is 3.59. The van der Waals surface area contributed by atoms with Gasteiger partial charge in [0.1, 0.15) is 6.10 Å². The van der Waals surface area contributed by atoms with Crippen molar-refractivity contribution in [3.05, 3.63) is 126 Å². The Labute approximate surface area is 171 Å². The van der Waals surface area contributed by atoms with Crippen LogP contribution in [0.2, 0.25) is 0 Å². The predicted octanol–water partition coefficient (Wildman–Crippen LogP) is 5.77. The molecule has 1 heterocycles. The summed E-state index contributed by atoms with van der Waals surface area (Å²) in [7, 11) is 0. The molecule has 3 heteroatoms. The Hall–Kier alpha value is -3.59. The smallest absolute Gasteiger partial charge is 0.261 e. The summed E-state index contributed by atoms with van der Waals surface area (Å²) in [5.74, 6) is -0.298. The molecule has 0 bridgehead atoms. The molecule has 0 radical (unpaired) electrons. The first-order chi connectivity index (χ1) is 14.1. The lowest BCUT2D eigenvalue weighted by Gasteiger charge is -2.22. The minimum atomic E-state index is -0.506. The topological polar surface area (TPSA) is 35.3 Å². The second kappa shape index (κ2) is 7.80. The highest BCUT2D eigenvalue weighted by Gasteiger charge is 2.44. The molecule has 1 aliphatic heterocycles. The van der Waals surface area contributed by atoms with Crippen LogP contribution >= 0.6 is 0 Å². The van der Waals surface area contributed by atoms with E-state index in [0.717, 1.165) is 27.8 Å². The molecule has 0 spiro atoms. The zero-order valence-corrected chi connectivity index (χ0v) is 16.4. The maximum absolute atomic E-state index is 12.9. The van der Waals surface area contributed by atoms with Gasteiger partial charge in [0.05, 0.1) is 5.92 Å². The average Bonchev–Trinajstić information content (AvgIpc) is 3.11. The van der Waals surface area contributed by atoms with Crippen LogP contribution in [0.15, 0.2) is 98.1 Å². The van der Waals surface area contributed by atoms with E-state index in [1.807, 2.05) is 91.9 Å². The molecule has 3 aromatic carbocycles. The first-order valence-electron chi connectivity index (χ1n) is 9.62. The highest BCUT2D eigenvalue weighted by Crippen LogP contribution is 2.39. The second-order valence-electron chi connectivity index (χ2n) is 7.29. The van der Waals surface area contributed by atoms with E-state index in [1.165, 1.54) is 0 Å². The molecular weight excluding hydrogens is 358 g/mol. The zero-order valence-electron chi connectivity index (χ0n) is 16.4. The zero-order chi connectivity index (χ0) is 20.4. The lowest BCUT2D eigenvalue weighted by Crippen LogP contribution is -2.23. The van der Waals surface area contributed by atoms with Gasteiger partial charge >= 0.3 is 0 Å². The fraction of sp³-hybridized carbons (Fsp3) is 0.115. The van der Waals surface area contributed by atoms with Gasteiger partial charge < -0.3 is 4.84 Å². The Morgan fingerprint density at radius 3 is 1.97 bits per heavy atom. The molecule has 1 aliphatic rings.